The largest absolute Gasteiger partial charge is 0.459 e. The van der Waals surface area contributed by atoms with Gasteiger partial charge in [0.05, 0.1) is 30.9 Å². The summed E-state index contributed by atoms with van der Waals surface area (Å²) in [5, 5.41) is 2.70. The number of hydrogen-bond donors (Lipinski definition) is 2. The van der Waals surface area contributed by atoms with Crippen molar-refractivity contribution < 1.29 is 36.3 Å². The number of halogens is 4. The number of pyridine rings is 1. The van der Waals surface area contributed by atoms with E-state index in [2.05, 4.69) is 10.3 Å². The zero-order valence-electron chi connectivity index (χ0n) is 21.5. The number of alkyl halides is 3. The molecule has 0 atom stereocenters. The van der Waals surface area contributed by atoms with Gasteiger partial charge in [-0.1, -0.05) is 6.07 Å². The predicted molar refractivity (Wildman–Crippen MR) is 143 cm³/mol. The quantitative estimate of drug-likeness (QED) is 0.249. The third-order valence-electron chi connectivity index (χ3n) is 6.47. The molecular weight excluding hydrogens is 544 g/mol. The zero-order valence-corrected chi connectivity index (χ0v) is 21.5. The van der Waals surface area contributed by atoms with Crippen LogP contribution in [0.4, 0.5) is 23.4 Å². The standard InChI is InChI=1S/C29H24F4N4O4/c30-24-4-3-18(13-22(24)28(39)37-7-9-40-10-8-37)19-11-20-12-21(41-27(20)23(14-19)29(31,32)33)16-36-26(38)6-2-17-1-5-25(34)35-15-17/h1-6,11-15H,7-10,16H2,(H2,34,35)(H,36,38). The topological polar surface area (TPSA) is 111 Å². The number of nitrogens with two attached hydrogens (primary N) is 1. The highest BCUT2D eigenvalue weighted by atomic mass is 19.4. The maximum atomic E-state index is 14.6. The number of fused-ring (bicyclic) bond motifs is 1. The molecule has 0 spiro atoms. The summed E-state index contributed by atoms with van der Waals surface area (Å²) in [6, 6.07) is 10.6. The van der Waals surface area contributed by atoms with E-state index in [4.69, 9.17) is 14.9 Å². The average molecular weight is 569 g/mol. The molecule has 0 unspecified atom stereocenters. The van der Waals surface area contributed by atoms with Gasteiger partial charge < -0.3 is 25.1 Å². The normalized spacial score (nSPS) is 14.1. The maximum Gasteiger partial charge on any atom is 0.420 e. The SMILES string of the molecule is Nc1ccc(C=CC(=O)NCc2cc3cc(-c4ccc(F)c(C(=O)N5CCOCC5)c4)cc(C(F)(F)F)c3o2)cn1. The molecule has 1 fully saturated rings. The van der Waals surface area contributed by atoms with Gasteiger partial charge in [0.25, 0.3) is 5.91 Å². The molecule has 1 aliphatic heterocycles. The van der Waals surface area contributed by atoms with E-state index in [0.29, 0.717) is 24.6 Å². The molecule has 0 radical (unpaired) electrons. The lowest BCUT2D eigenvalue weighted by atomic mass is 9.98. The molecule has 1 aliphatic rings. The number of carbonyl (C=O) groups is 2. The monoisotopic (exact) mass is 568 g/mol. The summed E-state index contributed by atoms with van der Waals surface area (Å²) < 4.78 is 67.5. The molecule has 0 bridgehead atoms. The van der Waals surface area contributed by atoms with Crippen LogP contribution in [0.15, 0.2) is 65.2 Å². The molecule has 1 saturated heterocycles. The Morgan fingerprint density at radius 3 is 2.54 bits per heavy atom. The van der Waals surface area contributed by atoms with Crippen molar-refractivity contribution in [1.29, 1.82) is 0 Å². The van der Waals surface area contributed by atoms with Crippen molar-refractivity contribution in [3.05, 3.63) is 89.1 Å². The molecule has 12 heteroatoms. The first-order valence-corrected chi connectivity index (χ1v) is 12.6. The maximum absolute atomic E-state index is 14.6. The molecule has 4 aromatic rings. The van der Waals surface area contributed by atoms with Crippen molar-refractivity contribution in [3.63, 3.8) is 0 Å². The van der Waals surface area contributed by atoms with E-state index in [0.717, 1.165) is 12.1 Å². The van der Waals surface area contributed by atoms with Gasteiger partial charge in [0.2, 0.25) is 5.91 Å². The van der Waals surface area contributed by atoms with Crippen molar-refractivity contribution in [1.82, 2.24) is 15.2 Å². The second-order valence-corrected chi connectivity index (χ2v) is 9.32. The van der Waals surface area contributed by atoms with Crippen LogP contribution >= 0.6 is 0 Å². The number of aromatic nitrogens is 1. The van der Waals surface area contributed by atoms with E-state index >= 15 is 0 Å². The van der Waals surface area contributed by atoms with Crippen molar-refractivity contribution in [2.75, 3.05) is 32.0 Å². The second-order valence-electron chi connectivity index (χ2n) is 9.32. The summed E-state index contributed by atoms with van der Waals surface area (Å²) in [6.45, 7) is 1.04. The molecule has 0 aliphatic carbocycles. The van der Waals surface area contributed by atoms with Crippen LogP contribution in [-0.2, 0) is 22.3 Å². The van der Waals surface area contributed by atoms with E-state index in [-0.39, 0.29) is 47.5 Å². The third-order valence-corrected chi connectivity index (χ3v) is 6.47. The summed E-state index contributed by atoms with van der Waals surface area (Å²) in [6.07, 6.45) is -0.527. The van der Waals surface area contributed by atoms with Crippen LogP contribution < -0.4 is 11.1 Å². The second kappa shape index (κ2) is 11.4. The van der Waals surface area contributed by atoms with Crippen LogP contribution in [0.3, 0.4) is 0 Å². The van der Waals surface area contributed by atoms with Gasteiger partial charge in [0.1, 0.15) is 23.0 Å². The van der Waals surface area contributed by atoms with Crippen LogP contribution in [0.5, 0.6) is 0 Å². The van der Waals surface area contributed by atoms with E-state index < -0.39 is 35.0 Å². The Hall–Kier alpha value is -4.71. The Balaban J connectivity index is 1.41. The highest BCUT2D eigenvalue weighted by Gasteiger charge is 2.35. The molecular formula is C29H24F4N4O4. The minimum absolute atomic E-state index is 0.0980. The van der Waals surface area contributed by atoms with Gasteiger partial charge >= 0.3 is 6.18 Å². The summed E-state index contributed by atoms with van der Waals surface area (Å²) in [7, 11) is 0. The van der Waals surface area contributed by atoms with Gasteiger partial charge in [0.15, 0.2) is 0 Å². The molecule has 2 aromatic heterocycles. The Bertz CT molecular complexity index is 1620. The number of hydrogen-bond acceptors (Lipinski definition) is 6. The first kappa shape index (κ1) is 27.8. The number of benzene rings is 2. The fourth-order valence-electron chi connectivity index (χ4n) is 4.40. The number of nitrogens with zero attached hydrogens (tertiary/aromatic N) is 2. The number of nitrogen functional groups attached to an aromatic ring is 1. The van der Waals surface area contributed by atoms with E-state index in [1.54, 1.807) is 12.1 Å². The number of carbonyl (C=O) groups excluding carboxylic acids is 2. The van der Waals surface area contributed by atoms with Gasteiger partial charge in [-0.3, -0.25) is 9.59 Å². The van der Waals surface area contributed by atoms with Crippen molar-refractivity contribution >= 4 is 34.7 Å². The first-order chi connectivity index (χ1) is 19.6. The number of anilines is 1. The van der Waals surface area contributed by atoms with Crippen molar-refractivity contribution in [3.8, 4) is 11.1 Å². The van der Waals surface area contributed by atoms with Gasteiger partial charge in [-0.05, 0) is 65.2 Å². The van der Waals surface area contributed by atoms with Gasteiger partial charge in [-0.15, -0.1) is 0 Å². The Labute approximate surface area is 231 Å². The van der Waals surface area contributed by atoms with Gasteiger partial charge in [-0.25, -0.2) is 9.37 Å². The fraction of sp³-hybridized carbons (Fsp3) is 0.207. The molecule has 3 heterocycles. The lowest BCUT2D eigenvalue weighted by Gasteiger charge is -2.27. The highest BCUT2D eigenvalue weighted by Crippen LogP contribution is 2.39. The van der Waals surface area contributed by atoms with Crippen molar-refractivity contribution in [2.24, 2.45) is 0 Å². The summed E-state index contributed by atoms with van der Waals surface area (Å²) >= 11 is 0. The molecule has 2 aromatic carbocycles. The molecule has 2 amide bonds. The number of rotatable bonds is 6. The Morgan fingerprint density at radius 1 is 1.05 bits per heavy atom. The van der Waals surface area contributed by atoms with Crippen LogP contribution in [-0.4, -0.2) is 48.0 Å². The molecule has 0 saturated carbocycles. The summed E-state index contributed by atoms with van der Waals surface area (Å²) in [5.74, 6) is -1.40. The highest BCUT2D eigenvalue weighted by molar-refractivity contribution is 5.96. The lowest BCUT2D eigenvalue weighted by molar-refractivity contribution is -0.136. The fourth-order valence-corrected chi connectivity index (χ4v) is 4.40. The summed E-state index contributed by atoms with van der Waals surface area (Å²) in [5.41, 5.74) is 4.84. The van der Waals surface area contributed by atoms with Crippen molar-refractivity contribution in [2.45, 2.75) is 12.7 Å². The molecule has 212 valence electrons. The average Bonchev–Trinajstić information content (AvgIpc) is 3.38. The van der Waals surface area contributed by atoms with Crippen LogP contribution in [0, 0.1) is 5.82 Å². The van der Waals surface area contributed by atoms with Crippen LogP contribution in [0.1, 0.15) is 27.2 Å². The number of nitrogens with one attached hydrogen (secondary N) is 1. The number of morpholine rings is 1. The van der Waals surface area contributed by atoms with E-state index in [1.807, 2.05) is 0 Å². The van der Waals surface area contributed by atoms with Gasteiger partial charge in [-0.2, -0.15) is 13.2 Å². The number of furan rings is 1. The third kappa shape index (κ3) is 6.38. The van der Waals surface area contributed by atoms with Crippen LogP contribution in [0.2, 0.25) is 0 Å². The van der Waals surface area contributed by atoms with E-state index in [1.165, 1.54) is 47.5 Å². The molecule has 3 N–H and O–H groups in total. The zero-order chi connectivity index (χ0) is 29.1. The van der Waals surface area contributed by atoms with Gasteiger partial charge in [0, 0.05) is 30.7 Å². The Morgan fingerprint density at radius 2 is 1.83 bits per heavy atom. The Kier molecular flexibility index (Phi) is 7.75. The summed E-state index contributed by atoms with van der Waals surface area (Å²) in [4.78, 5) is 30.5. The minimum Gasteiger partial charge on any atom is -0.459 e. The first-order valence-electron chi connectivity index (χ1n) is 12.6. The lowest BCUT2D eigenvalue weighted by Crippen LogP contribution is -2.41. The molecule has 41 heavy (non-hydrogen) atoms. The minimum atomic E-state index is -4.77. The van der Waals surface area contributed by atoms with E-state index in [9.17, 15) is 27.2 Å². The predicted octanol–water partition coefficient (Wildman–Crippen LogP) is 5.04. The smallest absolute Gasteiger partial charge is 0.420 e. The van der Waals surface area contributed by atoms with Crippen LogP contribution in [0.25, 0.3) is 28.2 Å². The number of amides is 2. The molecule has 5 rings (SSSR count). The molecule has 8 nitrogen and oxygen atoms in total. The number of ether oxygens (including phenoxy) is 1.